The van der Waals surface area contributed by atoms with Crippen LogP contribution in [-0.4, -0.2) is 66.2 Å². The fraction of sp³-hybridized carbons (Fsp3) is 0.348. The molecule has 0 saturated carbocycles. The third-order valence-corrected chi connectivity index (χ3v) is 6.15. The van der Waals surface area contributed by atoms with Gasteiger partial charge in [-0.3, -0.25) is 4.90 Å². The summed E-state index contributed by atoms with van der Waals surface area (Å²) in [5, 5.41) is 3.28. The maximum Gasteiger partial charge on any atom is 0.227 e. The fourth-order valence-electron chi connectivity index (χ4n) is 4.42. The van der Waals surface area contributed by atoms with E-state index < -0.39 is 0 Å². The first-order valence-electron chi connectivity index (χ1n) is 10.4. The highest BCUT2D eigenvalue weighted by molar-refractivity contribution is 5.65. The topological polar surface area (TPSA) is 60.4 Å². The van der Waals surface area contributed by atoms with Crippen molar-refractivity contribution < 1.29 is 0 Å². The zero-order valence-electron chi connectivity index (χ0n) is 17.7. The number of likely N-dealkylation sites (tertiary alicyclic amines) is 1. The lowest BCUT2D eigenvalue weighted by molar-refractivity contribution is 0.292. The third-order valence-electron chi connectivity index (χ3n) is 6.15. The maximum absolute atomic E-state index is 4.69. The van der Waals surface area contributed by atoms with Crippen molar-refractivity contribution in [2.45, 2.75) is 18.5 Å². The number of fused-ring (bicyclic) bond motifs is 2. The summed E-state index contributed by atoms with van der Waals surface area (Å²) in [6.07, 6.45) is 4.89. The Morgan fingerprint density at radius 3 is 2.43 bits per heavy atom. The number of aromatic nitrogens is 3. The average Bonchev–Trinajstić information content (AvgIpc) is 3.34. The second-order valence-corrected chi connectivity index (χ2v) is 8.37. The van der Waals surface area contributed by atoms with Crippen molar-refractivity contribution in [3.63, 3.8) is 0 Å². The van der Waals surface area contributed by atoms with Gasteiger partial charge in [0.25, 0.3) is 0 Å². The Morgan fingerprint density at radius 1 is 0.967 bits per heavy atom. The molecule has 30 heavy (non-hydrogen) atoms. The molecule has 7 nitrogen and oxygen atoms in total. The first kappa shape index (κ1) is 18.8. The molecule has 3 aromatic rings. The number of benzene rings is 1. The van der Waals surface area contributed by atoms with Gasteiger partial charge in [-0.15, -0.1) is 0 Å². The van der Waals surface area contributed by atoms with Crippen LogP contribution >= 0.6 is 0 Å². The van der Waals surface area contributed by atoms with Gasteiger partial charge in [0.15, 0.2) is 0 Å². The maximum atomic E-state index is 4.69. The van der Waals surface area contributed by atoms with Crippen LogP contribution in [0.5, 0.6) is 0 Å². The van der Waals surface area contributed by atoms with Gasteiger partial charge in [0, 0.05) is 56.7 Å². The summed E-state index contributed by atoms with van der Waals surface area (Å²) >= 11 is 0. The molecule has 0 amide bonds. The van der Waals surface area contributed by atoms with Crippen LogP contribution in [0.1, 0.15) is 6.42 Å². The predicted molar refractivity (Wildman–Crippen MR) is 121 cm³/mol. The Labute approximate surface area is 177 Å². The number of likely N-dealkylation sites (N-methyl/N-ethyl adjacent to an activating group) is 1. The van der Waals surface area contributed by atoms with Gasteiger partial charge in [0.2, 0.25) is 5.95 Å². The Morgan fingerprint density at radius 2 is 1.80 bits per heavy atom. The first-order chi connectivity index (χ1) is 14.6. The van der Waals surface area contributed by atoms with Crippen LogP contribution in [0.25, 0.3) is 11.3 Å². The van der Waals surface area contributed by atoms with Gasteiger partial charge >= 0.3 is 0 Å². The zero-order valence-corrected chi connectivity index (χ0v) is 17.7. The number of nitrogens with zero attached hydrogens (tertiary/aromatic N) is 6. The van der Waals surface area contributed by atoms with Crippen LogP contribution < -0.4 is 15.1 Å². The van der Waals surface area contributed by atoms with Gasteiger partial charge in [-0.05, 0) is 43.8 Å². The average molecular weight is 402 g/mol. The van der Waals surface area contributed by atoms with Crippen molar-refractivity contribution in [2.75, 3.05) is 49.3 Å². The Bertz CT molecular complexity index is 1010. The molecular formula is C23H27N7. The van der Waals surface area contributed by atoms with Gasteiger partial charge in [0.05, 0.1) is 17.6 Å². The van der Waals surface area contributed by atoms with E-state index in [1.165, 1.54) is 6.42 Å². The Balaban J connectivity index is 1.29. The molecule has 7 heteroatoms. The second-order valence-electron chi connectivity index (χ2n) is 8.37. The number of rotatable bonds is 5. The van der Waals surface area contributed by atoms with Crippen LogP contribution in [0.4, 0.5) is 23.1 Å². The minimum atomic E-state index is 0.570. The standard InChI is InChI=1S/C23H27N7/c1-28(2)18-7-4-16(5-8-18)21-10-11-24-23(27-21)26-17-6-9-22(25-13-17)30-15-19-12-20(30)14-29(19)3/h4-11,13,19-20H,12,14-15H2,1-3H3,(H,24,26,27)/t19-,20-/m0/s1. The minimum Gasteiger partial charge on any atom is -0.378 e. The van der Waals surface area contributed by atoms with Gasteiger partial charge < -0.3 is 15.1 Å². The molecule has 154 valence electrons. The highest BCUT2D eigenvalue weighted by atomic mass is 15.4. The van der Waals surface area contributed by atoms with E-state index in [4.69, 9.17) is 4.98 Å². The molecule has 0 unspecified atom stereocenters. The van der Waals surface area contributed by atoms with Crippen LogP contribution in [0.15, 0.2) is 54.9 Å². The molecule has 5 rings (SSSR count). The van der Waals surface area contributed by atoms with Crippen molar-refractivity contribution in [1.29, 1.82) is 0 Å². The summed E-state index contributed by atoms with van der Waals surface area (Å²) in [5.41, 5.74) is 4.00. The number of nitrogens with one attached hydrogen (secondary N) is 1. The molecule has 2 fully saturated rings. The van der Waals surface area contributed by atoms with Gasteiger partial charge in [0.1, 0.15) is 5.82 Å². The monoisotopic (exact) mass is 401 g/mol. The number of hydrogen-bond acceptors (Lipinski definition) is 7. The second kappa shape index (κ2) is 7.57. The summed E-state index contributed by atoms with van der Waals surface area (Å²) in [4.78, 5) is 20.7. The van der Waals surface area contributed by atoms with Crippen LogP contribution in [0.3, 0.4) is 0 Å². The Kier molecular flexibility index (Phi) is 4.75. The molecule has 1 N–H and O–H groups in total. The molecule has 0 aliphatic carbocycles. The normalized spacial score (nSPS) is 20.6. The van der Waals surface area contributed by atoms with Crippen LogP contribution in [0.2, 0.25) is 0 Å². The van der Waals surface area contributed by atoms with E-state index in [-0.39, 0.29) is 0 Å². The molecule has 0 spiro atoms. The van der Waals surface area contributed by atoms with E-state index in [1.807, 2.05) is 26.4 Å². The van der Waals surface area contributed by atoms with Crippen molar-refractivity contribution in [2.24, 2.45) is 0 Å². The number of anilines is 4. The lowest BCUT2D eigenvalue weighted by Crippen LogP contribution is -2.44. The molecule has 2 atom stereocenters. The quantitative estimate of drug-likeness (QED) is 0.704. The molecule has 2 saturated heterocycles. The SMILES string of the molecule is CN(C)c1ccc(-c2ccnc(Nc3ccc(N4C[C@@H]5C[C@H]4CN5C)nc3)n2)cc1. The lowest BCUT2D eigenvalue weighted by Gasteiger charge is -2.32. The molecular weight excluding hydrogens is 374 g/mol. The summed E-state index contributed by atoms with van der Waals surface area (Å²) < 4.78 is 0. The molecule has 4 heterocycles. The first-order valence-corrected chi connectivity index (χ1v) is 10.4. The van der Waals surface area contributed by atoms with Crippen LogP contribution in [-0.2, 0) is 0 Å². The summed E-state index contributed by atoms with van der Waals surface area (Å²) in [5.74, 6) is 1.62. The molecule has 2 bridgehead atoms. The molecule has 2 aliphatic heterocycles. The molecule has 1 aromatic carbocycles. The summed E-state index contributed by atoms with van der Waals surface area (Å²) in [6.45, 7) is 2.20. The number of pyridine rings is 1. The van der Waals surface area contributed by atoms with Crippen molar-refractivity contribution >= 4 is 23.1 Å². The summed E-state index contributed by atoms with van der Waals surface area (Å²) in [7, 11) is 6.29. The summed E-state index contributed by atoms with van der Waals surface area (Å²) in [6, 6.07) is 15.7. The highest BCUT2D eigenvalue weighted by Gasteiger charge is 2.41. The molecule has 2 aliphatic rings. The van der Waals surface area contributed by atoms with Crippen molar-refractivity contribution in [1.82, 2.24) is 19.9 Å². The zero-order chi connectivity index (χ0) is 20.7. The predicted octanol–water partition coefficient (Wildman–Crippen LogP) is 3.24. The van der Waals surface area contributed by atoms with Gasteiger partial charge in [-0.25, -0.2) is 15.0 Å². The fourth-order valence-corrected chi connectivity index (χ4v) is 4.42. The number of hydrogen-bond donors (Lipinski definition) is 1. The van der Waals surface area contributed by atoms with Crippen LogP contribution in [0, 0.1) is 0 Å². The highest BCUT2D eigenvalue weighted by Crippen LogP contribution is 2.33. The van der Waals surface area contributed by atoms with Gasteiger partial charge in [-0.2, -0.15) is 0 Å². The van der Waals surface area contributed by atoms with Gasteiger partial charge in [-0.1, -0.05) is 12.1 Å². The van der Waals surface area contributed by atoms with E-state index in [0.29, 0.717) is 18.0 Å². The minimum absolute atomic E-state index is 0.570. The Hall–Kier alpha value is -3.19. The lowest BCUT2D eigenvalue weighted by atomic mass is 10.1. The van der Waals surface area contributed by atoms with E-state index in [2.05, 4.69) is 73.4 Å². The third kappa shape index (κ3) is 3.57. The number of piperazine rings is 1. The van der Waals surface area contributed by atoms with Crippen molar-refractivity contribution in [3.8, 4) is 11.3 Å². The van der Waals surface area contributed by atoms with E-state index in [9.17, 15) is 0 Å². The molecule has 0 radical (unpaired) electrons. The van der Waals surface area contributed by atoms with E-state index in [0.717, 1.165) is 41.5 Å². The smallest absolute Gasteiger partial charge is 0.227 e. The molecule has 2 aromatic heterocycles. The van der Waals surface area contributed by atoms with E-state index >= 15 is 0 Å². The van der Waals surface area contributed by atoms with Crippen molar-refractivity contribution in [3.05, 3.63) is 54.9 Å². The largest absolute Gasteiger partial charge is 0.378 e. The van der Waals surface area contributed by atoms with E-state index in [1.54, 1.807) is 6.20 Å².